The maximum absolute atomic E-state index is 9.09. The van der Waals surface area contributed by atoms with Gasteiger partial charge in [0.2, 0.25) is 5.95 Å². The van der Waals surface area contributed by atoms with Crippen molar-refractivity contribution < 1.29 is 5.11 Å². The van der Waals surface area contributed by atoms with Crippen LogP contribution in [0.4, 0.5) is 5.95 Å². The number of nitrogens with one attached hydrogen (secondary N) is 1. The summed E-state index contributed by atoms with van der Waals surface area (Å²) in [7, 11) is 0. The van der Waals surface area contributed by atoms with Crippen LogP contribution in [0.15, 0.2) is 12.4 Å². The van der Waals surface area contributed by atoms with E-state index in [1.807, 2.05) is 12.4 Å². The fraction of sp³-hybridized carbons (Fsp3) is 0.714. The highest BCUT2D eigenvalue weighted by Gasteiger charge is 2.30. The lowest BCUT2D eigenvalue weighted by Gasteiger charge is -2.21. The van der Waals surface area contributed by atoms with Gasteiger partial charge in [-0.3, -0.25) is 0 Å². The summed E-state index contributed by atoms with van der Waals surface area (Å²) in [4.78, 5) is 10.9. The van der Waals surface area contributed by atoms with E-state index in [-0.39, 0.29) is 6.61 Å². The van der Waals surface area contributed by atoms with Gasteiger partial charge in [0.25, 0.3) is 0 Å². The zero-order valence-electron chi connectivity index (χ0n) is 11.8. The average molecular weight is 264 g/mol. The standard InChI is InChI=1S/C14H24N4O/c1-11(2)7-15-8-12-9-16-14(17-10-12)18(5-6-19)13-3-4-13/h9-11,13,15,19H,3-8H2,1-2H3. The predicted octanol–water partition coefficient (Wildman–Crippen LogP) is 1.18. The van der Waals surface area contributed by atoms with Gasteiger partial charge < -0.3 is 15.3 Å². The Balaban J connectivity index is 1.89. The van der Waals surface area contributed by atoms with Crippen molar-refractivity contribution in [2.24, 2.45) is 5.92 Å². The van der Waals surface area contributed by atoms with Crippen molar-refractivity contribution in [3.05, 3.63) is 18.0 Å². The van der Waals surface area contributed by atoms with Crippen molar-refractivity contribution >= 4 is 5.95 Å². The highest BCUT2D eigenvalue weighted by Crippen LogP contribution is 2.29. The Hall–Kier alpha value is -1.20. The lowest BCUT2D eigenvalue weighted by Crippen LogP contribution is -2.30. The van der Waals surface area contributed by atoms with E-state index in [1.165, 1.54) is 12.8 Å². The SMILES string of the molecule is CC(C)CNCc1cnc(N(CCO)C2CC2)nc1. The van der Waals surface area contributed by atoms with Gasteiger partial charge in [0, 0.05) is 37.1 Å². The molecule has 0 aromatic carbocycles. The molecular weight excluding hydrogens is 240 g/mol. The van der Waals surface area contributed by atoms with E-state index in [0.29, 0.717) is 18.5 Å². The van der Waals surface area contributed by atoms with Gasteiger partial charge in [-0.25, -0.2) is 9.97 Å². The Bertz CT molecular complexity index is 376. The molecule has 1 fully saturated rings. The third kappa shape index (κ3) is 4.44. The van der Waals surface area contributed by atoms with Gasteiger partial charge >= 0.3 is 0 Å². The molecule has 0 spiro atoms. The molecule has 1 saturated carbocycles. The quantitative estimate of drug-likeness (QED) is 0.738. The van der Waals surface area contributed by atoms with Crippen LogP contribution in [-0.4, -0.2) is 40.8 Å². The van der Waals surface area contributed by atoms with Gasteiger partial charge in [-0.1, -0.05) is 13.8 Å². The van der Waals surface area contributed by atoms with Crippen LogP contribution in [0.3, 0.4) is 0 Å². The largest absolute Gasteiger partial charge is 0.395 e. The van der Waals surface area contributed by atoms with E-state index in [2.05, 4.69) is 34.0 Å². The van der Waals surface area contributed by atoms with Crippen molar-refractivity contribution in [1.29, 1.82) is 0 Å². The van der Waals surface area contributed by atoms with Crippen LogP contribution in [0.1, 0.15) is 32.3 Å². The molecule has 1 aromatic heterocycles. The number of hydrogen-bond donors (Lipinski definition) is 2. The topological polar surface area (TPSA) is 61.3 Å². The molecule has 0 amide bonds. The molecular formula is C14H24N4O. The zero-order valence-corrected chi connectivity index (χ0v) is 11.8. The fourth-order valence-electron chi connectivity index (χ4n) is 2.03. The van der Waals surface area contributed by atoms with E-state index in [1.54, 1.807) is 0 Å². The number of hydrogen-bond acceptors (Lipinski definition) is 5. The van der Waals surface area contributed by atoms with E-state index in [4.69, 9.17) is 5.11 Å². The molecule has 1 aliphatic carbocycles. The molecule has 1 heterocycles. The van der Waals surface area contributed by atoms with Crippen LogP contribution in [0.2, 0.25) is 0 Å². The van der Waals surface area contributed by atoms with Crippen LogP contribution in [0, 0.1) is 5.92 Å². The summed E-state index contributed by atoms with van der Waals surface area (Å²) in [6.07, 6.45) is 6.12. The van der Waals surface area contributed by atoms with Crippen molar-refractivity contribution in [3.63, 3.8) is 0 Å². The van der Waals surface area contributed by atoms with Gasteiger partial charge in [0.1, 0.15) is 0 Å². The molecule has 0 saturated heterocycles. The second-order valence-electron chi connectivity index (χ2n) is 5.56. The summed E-state index contributed by atoms with van der Waals surface area (Å²) in [6, 6.07) is 0.525. The van der Waals surface area contributed by atoms with Gasteiger partial charge in [0.05, 0.1) is 6.61 Å². The lowest BCUT2D eigenvalue weighted by atomic mass is 10.2. The van der Waals surface area contributed by atoms with Crippen LogP contribution in [0.5, 0.6) is 0 Å². The molecule has 2 rings (SSSR count). The summed E-state index contributed by atoms with van der Waals surface area (Å²) in [5, 5.41) is 12.5. The van der Waals surface area contributed by atoms with Gasteiger partial charge in [-0.05, 0) is 25.3 Å². The van der Waals surface area contributed by atoms with E-state index in [0.717, 1.165) is 24.6 Å². The minimum Gasteiger partial charge on any atom is -0.395 e. The number of rotatable bonds is 8. The smallest absolute Gasteiger partial charge is 0.225 e. The Labute approximate surface area is 115 Å². The first-order valence-corrected chi connectivity index (χ1v) is 7.10. The number of aliphatic hydroxyl groups excluding tert-OH is 1. The van der Waals surface area contributed by atoms with E-state index < -0.39 is 0 Å². The van der Waals surface area contributed by atoms with Crippen LogP contribution in [0.25, 0.3) is 0 Å². The maximum Gasteiger partial charge on any atom is 0.225 e. The Morgan fingerprint density at radius 2 is 2.05 bits per heavy atom. The second-order valence-corrected chi connectivity index (χ2v) is 5.56. The molecule has 106 valence electrons. The Kier molecular flexibility index (Phi) is 5.10. The monoisotopic (exact) mass is 264 g/mol. The van der Waals surface area contributed by atoms with Crippen LogP contribution in [-0.2, 0) is 6.54 Å². The normalized spacial score (nSPS) is 14.9. The Morgan fingerprint density at radius 1 is 1.37 bits per heavy atom. The minimum atomic E-state index is 0.150. The maximum atomic E-state index is 9.09. The molecule has 0 aliphatic heterocycles. The molecule has 0 radical (unpaired) electrons. The van der Waals surface area contributed by atoms with Crippen molar-refractivity contribution in [1.82, 2.24) is 15.3 Å². The third-order valence-electron chi connectivity index (χ3n) is 3.16. The van der Waals surface area contributed by atoms with E-state index >= 15 is 0 Å². The van der Waals surface area contributed by atoms with Gasteiger partial charge in [0.15, 0.2) is 0 Å². The molecule has 0 unspecified atom stereocenters. The summed E-state index contributed by atoms with van der Waals surface area (Å²) in [6.45, 7) is 6.96. The molecule has 19 heavy (non-hydrogen) atoms. The summed E-state index contributed by atoms with van der Waals surface area (Å²) in [5.41, 5.74) is 1.10. The number of nitrogens with zero attached hydrogens (tertiary/aromatic N) is 3. The number of aliphatic hydroxyl groups is 1. The minimum absolute atomic E-state index is 0.150. The lowest BCUT2D eigenvalue weighted by molar-refractivity contribution is 0.300. The second kappa shape index (κ2) is 6.82. The van der Waals surface area contributed by atoms with Crippen molar-refractivity contribution in [2.45, 2.75) is 39.3 Å². The molecule has 0 atom stereocenters. The summed E-state index contributed by atoms with van der Waals surface area (Å²) < 4.78 is 0. The summed E-state index contributed by atoms with van der Waals surface area (Å²) >= 11 is 0. The average Bonchev–Trinajstić information content (AvgIpc) is 3.21. The molecule has 5 heteroatoms. The highest BCUT2D eigenvalue weighted by atomic mass is 16.3. The van der Waals surface area contributed by atoms with Crippen LogP contribution >= 0.6 is 0 Å². The van der Waals surface area contributed by atoms with E-state index in [9.17, 15) is 0 Å². The zero-order chi connectivity index (χ0) is 13.7. The Morgan fingerprint density at radius 3 is 2.58 bits per heavy atom. The third-order valence-corrected chi connectivity index (χ3v) is 3.16. The van der Waals surface area contributed by atoms with Crippen LogP contribution < -0.4 is 10.2 Å². The number of aromatic nitrogens is 2. The first kappa shape index (κ1) is 14.2. The first-order valence-electron chi connectivity index (χ1n) is 7.10. The molecule has 5 nitrogen and oxygen atoms in total. The van der Waals surface area contributed by atoms with Gasteiger partial charge in [-0.2, -0.15) is 0 Å². The molecule has 1 aliphatic rings. The van der Waals surface area contributed by atoms with Crippen molar-refractivity contribution in [3.8, 4) is 0 Å². The molecule has 0 bridgehead atoms. The highest BCUT2D eigenvalue weighted by molar-refractivity contribution is 5.34. The molecule has 2 N–H and O–H groups in total. The van der Waals surface area contributed by atoms with Crippen molar-refractivity contribution in [2.75, 3.05) is 24.6 Å². The van der Waals surface area contributed by atoms with Gasteiger partial charge in [-0.15, -0.1) is 0 Å². The first-order chi connectivity index (χ1) is 9.20. The molecule has 1 aromatic rings. The number of anilines is 1. The summed E-state index contributed by atoms with van der Waals surface area (Å²) in [5.74, 6) is 1.39. The predicted molar refractivity (Wildman–Crippen MR) is 76.0 cm³/mol. The fourth-order valence-corrected chi connectivity index (χ4v) is 2.03.